The first kappa shape index (κ1) is 15.8. The molecule has 22 heavy (non-hydrogen) atoms. The van der Waals surface area contributed by atoms with Gasteiger partial charge in [0.25, 0.3) is 16.0 Å². The van der Waals surface area contributed by atoms with Gasteiger partial charge >= 0.3 is 0 Å². The van der Waals surface area contributed by atoms with Crippen molar-refractivity contribution in [1.82, 2.24) is 10.4 Å². The number of rotatable bonds is 4. The highest BCUT2D eigenvalue weighted by atomic mass is 32.2. The Morgan fingerprint density at radius 3 is 2.32 bits per heavy atom. The minimum absolute atomic E-state index is 0.0612. The lowest BCUT2D eigenvalue weighted by Crippen LogP contribution is -2.45. The molecule has 0 unspecified atom stereocenters. The van der Waals surface area contributed by atoms with Gasteiger partial charge in [0.05, 0.1) is 5.56 Å². The van der Waals surface area contributed by atoms with Crippen molar-refractivity contribution in [3.8, 4) is 0 Å². The molecule has 0 aromatic heterocycles. The van der Waals surface area contributed by atoms with Gasteiger partial charge in [0.2, 0.25) is 11.8 Å². The fraction of sp³-hybridized carbons (Fsp3) is 0.167. The second-order valence-electron chi connectivity index (χ2n) is 4.41. The summed E-state index contributed by atoms with van der Waals surface area (Å²) in [6.45, 7) is 0. The molecule has 1 saturated heterocycles. The minimum atomic E-state index is -4.78. The topological polar surface area (TPSA) is 138 Å². The second-order valence-corrected chi connectivity index (χ2v) is 5.80. The fourth-order valence-electron chi connectivity index (χ4n) is 1.88. The number of nitrogens with one attached hydrogen (secondary N) is 1. The molecule has 1 aromatic carbocycles. The van der Waals surface area contributed by atoms with E-state index in [1.165, 1.54) is 0 Å². The summed E-state index contributed by atoms with van der Waals surface area (Å²) < 4.78 is 31.7. The Morgan fingerprint density at radius 2 is 1.82 bits per heavy atom. The van der Waals surface area contributed by atoms with Crippen molar-refractivity contribution in [2.45, 2.75) is 17.7 Å². The smallest absolute Gasteiger partial charge is 0.295 e. The molecule has 1 heterocycles. The van der Waals surface area contributed by atoms with Gasteiger partial charge < -0.3 is 0 Å². The zero-order valence-corrected chi connectivity index (χ0v) is 11.8. The van der Waals surface area contributed by atoms with Crippen LogP contribution in [-0.4, -0.2) is 42.0 Å². The SMILES string of the molecule is O=Cc1ccc(C(=O)NN2C(=O)CCC2=O)c(S(=O)(=O)O)c1. The van der Waals surface area contributed by atoms with Crippen molar-refractivity contribution in [2.24, 2.45) is 0 Å². The van der Waals surface area contributed by atoms with E-state index in [0.29, 0.717) is 11.3 Å². The maximum Gasteiger partial charge on any atom is 0.295 e. The van der Waals surface area contributed by atoms with E-state index in [2.05, 4.69) is 0 Å². The second kappa shape index (κ2) is 5.66. The molecule has 1 aromatic rings. The van der Waals surface area contributed by atoms with E-state index in [4.69, 9.17) is 4.55 Å². The lowest BCUT2D eigenvalue weighted by atomic mass is 10.1. The molecule has 2 N–H and O–H groups in total. The van der Waals surface area contributed by atoms with Crippen molar-refractivity contribution < 1.29 is 32.1 Å². The molecule has 9 nitrogen and oxygen atoms in total. The van der Waals surface area contributed by atoms with Crippen LogP contribution in [0.1, 0.15) is 33.6 Å². The van der Waals surface area contributed by atoms with Crippen molar-refractivity contribution in [1.29, 1.82) is 0 Å². The summed E-state index contributed by atoms with van der Waals surface area (Å²) in [6.07, 6.45) is 0.215. The van der Waals surface area contributed by atoms with E-state index < -0.39 is 38.3 Å². The molecular formula is C12H10N2O7S. The first-order valence-corrected chi connectivity index (χ1v) is 7.41. The molecule has 1 fully saturated rings. The number of hydrazine groups is 1. The van der Waals surface area contributed by atoms with Gasteiger partial charge in [0.15, 0.2) is 0 Å². The van der Waals surface area contributed by atoms with E-state index in [1.54, 1.807) is 0 Å². The van der Waals surface area contributed by atoms with Crippen LogP contribution in [0.2, 0.25) is 0 Å². The molecule has 3 amide bonds. The van der Waals surface area contributed by atoms with E-state index in [9.17, 15) is 27.6 Å². The predicted molar refractivity (Wildman–Crippen MR) is 70.2 cm³/mol. The van der Waals surface area contributed by atoms with Gasteiger partial charge in [-0.1, -0.05) is 6.07 Å². The Hall–Kier alpha value is -2.59. The first-order valence-electron chi connectivity index (χ1n) is 5.97. The molecule has 0 radical (unpaired) electrons. The van der Waals surface area contributed by atoms with Crippen LogP contribution >= 0.6 is 0 Å². The number of aldehydes is 1. The van der Waals surface area contributed by atoms with E-state index >= 15 is 0 Å². The summed E-state index contributed by atoms with van der Waals surface area (Å²) in [5.74, 6) is -2.33. The van der Waals surface area contributed by atoms with E-state index in [-0.39, 0.29) is 18.4 Å². The summed E-state index contributed by atoms with van der Waals surface area (Å²) >= 11 is 0. The Kier molecular flexibility index (Phi) is 4.06. The van der Waals surface area contributed by atoms with Crippen LogP contribution in [0.5, 0.6) is 0 Å². The summed E-state index contributed by atoms with van der Waals surface area (Å²) in [5, 5.41) is 0.490. The van der Waals surface area contributed by atoms with Crippen molar-refractivity contribution >= 4 is 34.1 Å². The quantitative estimate of drug-likeness (QED) is 0.433. The lowest BCUT2D eigenvalue weighted by molar-refractivity contribution is -0.141. The van der Waals surface area contributed by atoms with Crippen LogP contribution in [0, 0.1) is 0 Å². The number of hydrogen-bond acceptors (Lipinski definition) is 6. The average molecular weight is 326 g/mol. The molecular weight excluding hydrogens is 316 g/mol. The lowest BCUT2D eigenvalue weighted by Gasteiger charge is -2.16. The minimum Gasteiger partial charge on any atom is -0.298 e. The first-order chi connectivity index (χ1) is 10.2. The summed E-state index contributed by atoms with van der Waals surface area (Å²) in [4.78, 5) is 44.7. The Balaban J connectivity index is 2.39. The van der Waals surface area contributed by atoms with E-state index in [1.807, 2.05) is 5.43 Å². The third-order valence-corrected chi connectivity index (χ3v) is 3.82. The van der Waals surface area contributed by atoms with Gasteiger partial charge in [0, 0.05) is 18.4 Å². The fourth-order valence-corrected chi connectivity index (χ4v) is 2.60. The van der Waals surface area contributed by atoms with Crippen LogP contribution in [0.4, 0.5) is 0 Å². The van der Waals surface area contributed by atoms with E-state index in [0.717, 1.165) is 18.2 Å². The standard InChI is InChI=1S/C12H10N2O7S/c15-6-7-1-2-8(9(5-7)22(19,20)21)12(18)13-14-10(16)3-4-11(14)17/h1-2,5-6H,3-4H2,(H,13,18)(H,19,20,21). The molecule has 10 heteroatoms. The number of carbonyl (C=O) groups excluding carboxylic acids is 4. The van der Waals surface area contributed by atoms with Crippen LogP contribution in [0.25, 0.3) is 0 Å². The van der Waals surface area contributed by atoms with Gasteiger partial charge in [-0.15, -0.1) is 0 Å². The third kappa shape index (κ3) is 3.02. The van der Waals surface area contributed by atoms with Gasteiger partial charge in [0.1, 0.15) is 11.2 Å². The van der Waals surface area contributed by atoms with Gasteiger partial charge in [-0.25, -0.2) is 0 Å². The van der Waals surface area contributed by atoms with Crippen molar-refractivity contribution in [3.63, 3.8) is 0 Å². The number of benzene rings is 1. The maximum absolute atomic E-state index is 12.0. The Bertz CT molecular complexity index is 769. The molecule has 116 valence electrons. The highest BCUT2D eigenvalue weighted by Crippen LogP contribution is 2.18. The molecule has 1 aliphatic rings. The number of nitrogens with zero attached hydrogens (tertiary/aromatic N) is 1. The van der Waals surface area contributed by atoms with Gasteiger partial charge in [-0.3, -0.25) is 29.2 Å². The number of imide groups is 1. The molecule has 0 aliphatic carbocycles. The van der Waals surface area contributed by atoms with Crippen molar-refractivity contribution in [3.05, 3.63) is 29.3 Å². The predicted octanol–water partition coefficient (Wildman–Crippen LogP) is -0.460. The zero-order chi connectivity index (χ0) is 16.5. The van der Waals surface area contributed by atoms with Crippen LogP contribution in [0.3, 0.4) is 0 Å². The van der Waals surface area contributed by atoms with Crippen LogP contribution in [0.15, 0.2) is 23.1 Å². The summed E-state index contributed by atoms with van der Waals surface area (Å²) in [6, 6.07) is 2.96. The third-order valence-electron chi connectivity index (χ3n) is 2.93. The molecule has 0 bridgehead atoms. The molecule has 1 aliphatic heterocycles. The van der Waals surface area contributed by atoms with Crippen LogP contribution < -0.4 is 5.43 Å². The normalized spacial score (nSPS) is 15.0. The zero-order valence-electron chi connectivity index (χ0n) is 11.0. The van der Waals surface area contributed by atoms with Gasteiger partial charge in [-0.05, 0) is 12.1 Å². The molecule has 2 rings (SSSR count). The monoisotopic (exact) mass is 326 g/mol. The highest BCUT2D eigenvalue weighted by molar-refractivity contribution is 7.86. The Labute approximate surface area is 124 Å². The average Bonchev–Trinajstić information content (AvgIpc) is 2.77. The highest BCUT2D eigenvalue weighted by Gasteiger charge is 2.32. The summed E-state index contributed by atoms with van der Waals surface area (Å²) in [7, 11) is -4.78. The van der Waals surface area contributed by atoms with Crippen molar-refractivity contribution in [2.75, 3.05) is 0 Å². The van der Waals surface area contributed by atoms with Gasteiger partial charge in [-0.2, -0.15) is 13.4 Å². The van der Waals surface area contributed by atoms with Crippen LogP contribution in [-0.2, 0) is 19.7 Å². The largest absolute Gasteiger partial charge is 0.298 e. The maximum atomic E-state index is 12.0. The summed E-state index contributed by atoms with van der Waals surface area (Å²) in [5.41, 5.74) is 1.40. The number of hydrogen-bond donors (Lipinski definition) is 2. The number of amides is 3. The molecule has 0 atom stereocenters. The Morgan fingerprint density at radius 1 is 1.23 bits per heavy atom. The number of carbonyl (C=O) groups is 4. The molecule has 0 spiro atoms. The molecule has 0 saturated carbocycles.